The standard InChI is InChI=1S/C29H45N3O/c1-29-13-11-23(32-17-15-30-16-18-32)20-22(29)6-8-26-25-7-5-21(24(25)9-10-27(26)29)12-19-33-28-4-2-3-14-31-28/h2-4,14,21-27,30H,5-13,15-20H2,1H3. The van der Waals surface area contributed by atoms with Crippen LogP contribution in [0.5, 0.6) is 5.88 Å². The van der Waals surface area contributed by atoms with E-state index in [1.807, 2.05) is 24.4 Å². The Morgan fingerprint density at radius 2 is 1.85 bits per heavy atom. The molecule has 6 rings (SSSR count). The average molecular weight is 452 g/mol. The fourth-order valence-corrected chi connectivity index (χ4v) is 9.50. The summed E-state index contributed by atoms with van der Waals surface area (Å²) in [5, 5.41) is 3.55. The van der Waals surface area contributed by atoms with Crippen LogP contribution >= 0.6 is 0 Å². The molecule has 1 aromatic rings. The fraction of sp³-hybridized carbons (Fsp3) is 0.828. The monoisotopic (exact) mass is 451 g/mol. The van der Waals surface area contributed by atoms with Crippen LogP contribution < -0.4 is 10.1 Å². The van der Waals surface area contributed by atoms with E-state index in [0.717, 1.165) is 54.0 Å². The van der Waals surface area contributed by atoms with E-state index in [2.05, 4.69) is 22.1 Å². The zero-order chi connectivity index (χ0) is 22.3. The molecule has 0 spiro atoms. The second-order valence-corrected chi connectivity index (χ2v) is 12.3. The number of piperazine rings is 1. The van der Waals surface area contributed by atoms with Crippen LogP contribution in [0.1, 0.15) is 71.1 Å². The third-order valence-electron chi connectivity index (χ3n) is 11.1. The SMILES string of the molecule is CC12CCC(N3CCNCC3)CC1CCC1C3CCC(CCOc4ccccn4)C3CCC12. The molecule has 4 aliphatic carbocycles. The molecule has 5 fully saturated rings. The van der Waals surface area contributed by atoms with Crippen LogP contribution in [0.3, 0.4) is 0 Å². The Bertz CT molecular complexity index is 780. The van der Waals surface area contributed by atoms with Crippen molar-refractivity contribution in [3.05, 3.63) is 24.4 Å². The van der Waals surface area contributed by atoms with E-state index in [-0.39, 0.29) is 0 Å². The van der Waals surface area contributed by atoms with E-state index < -0.39 is 0 Å². The van der Waals surface area contributed by atoms with E-state index >= 15 is 0 Å². The highest BCUT2D eigenvalue weighted by atomic mass is 16.5. The molecule has 1 aromatic heterocycles. The Morgan fingerprint density at radius 1 is 1.00 bits per heavy atom. The van der Waals surface area contributed by atoms with E-state index in [0.29, 0.717) is 5.41 Å². The van der Waals surface area contributed by atoms with Crippen LogP contribution in [-0.2, 0) is 0 Å². The number of ether oxygens (including phenoxy) is 1. The second-order valence-electron chi connectivity index (χ2n) is 12.3. The van der Waals surface area contributed by atoms with Gasteiger partial charge in [-0.2, -0.15) is 0 Å². The summed E-state index contributed by atoms with van der Waals surface area (Å²) in [6.45, 7) is 8.51. The maximum Gasteiger partial charge on any atom is 0.213 e. The maximum atomic E-state index is 5.98. The molecule has 2 heterocycles. The van der Waals surface area contributed by atoms with Crippen molar-refractivity contribution < 1.29 is 4.74 Å². The van der Waals surface area contributed by atoms with Gasteiger partial charge in [-0.25, -0.2) is 4.98 Å². The predicted molar refractivity (Wildman–Crippen MR) is 133 cm³/mol. The lowest BCUT2D eigenvalue weighted by atomic mass is 9.46. The largest absolute Gasteiger partial charge is 0.478 e. The number of hydrogen-bond donors (Lipinski definition) is 1. The van der Waals surface area contributed by atoms with E-state index in [1.54, 1.807) is 0 Å². The van der Waals surface area contributed by atoms with Crippen molar-refractivity contribution in [2.75, 3.05) is 32.8 Å². The molecule has 4 heteroatoms. The van der Waals surface area contributed by atoms with Gasteiger partial charge in [-0.05, 0) is 111 Å². The molecule has 0 aromatic carbocycles. The van der Waals surface area contributed by atoms with Gasteiger partial charge in [0.15, 0.2) is 0 Å². The molecule has 5 aliphatic rings. The summed E-state index contributed by atoms with van der Waals surface area (Å²) in [7, 11) is 0. The maximum absolute atomic E-state index is 5.98. The number of fused-ring (bicyclic) bond motifs is 5. The molecular formula is C29H45N3O. The quantitative estimate of drug-likeness (QED) is 0.651. The van der Waals surface area contributed by atoms with Crippen LogP contribution in [0, 0.1) is 40.9 Å². The van der Waals surface area contributed by atoms with Crippen LogP contribution in [0.2, 0.25) is 0 Å². The molecule has 182 valence electrons. The van der Waals surface area contributed by atoms with Crippen molar-refractivity contribution in [2.45, 2.75) is 77.2 Å². The summed E-state index contributed by atoms with van der Waals surface area (Å²) in [6.07, 6.45) is 16.5. The Kier molecular flexibility index (Phi) is 6.43. The van der Waals surface area contributed by atoms with Crippen molar-refractivity contribution in [2.24, 2.45) is 40.9 Å². The zero-order valence-electron chi connectivity index (χ0n) is 20.8. The molecule has 1 saturated heterocycles. The van der Waals surface area contributed by atoms with Crippen molar-refractivity contribution in [3.63, 3.8) is 0 Å². The van der Waals surface area contributed by atoms with E-state index in [4.69, 9.17) is 4.74 Å². The van der Waals surface area contributed by atoms with Gasteiger partial charge in [0.1, 0.15) is 0 Å². The molecule has 1 aliphatic heterocycles. The summed E-state index contributed by atoms with van der Waals surface area (Å²) in [4.78, 5) is 7.16. The normalized spacial score (nSPS) is 43.4. The van der Waals surface area contributed by atoms with Crippen LogP contribution in [0.15, 0.2) is 24.4 Å². The summed E-state index contributed by atoms with van der Waals surface area (Å²) >= 11 is 0. The smallest absolute Gasteiger partial charge is 0.213 e. The first-order chi connectivity index (χ1) is 16.2. The molecule has 0 radical (unpaired) electrons. The van der Waals surface area contributed by atoms with Gasteiger partial charge in [-0.1, -0.05) is 13.0 Å². The van der Waals surface area contributed by atoms with Gasteiger partial charge in [-0.3, -0.25) is 4.90 Å². The first kappa shape index (κ1) is 22.3. The minimum atomic E-state index is 0.624. The van der Waals surface area contributed by atoms with Gasteiger partial charge in [0.25, 0.3) is 0 Å². The molecule has 8 unspecified atom stereocenters. The summed E-state index contributed by atoms with van der Waals surface area (Å²) < 4.78 is 5.98. The minimum Gasteiger partial charge on any atom is -0.478 e. The third kappa shape index (κ3) is 4.24. The molecule has 1 N–H and O–H groups in total. The minimum absolute atomic E-state index is 0.624. The number of rotatable bonds is 5. The van der Waals surface area contributed by atoms with Crippen LogP contribution in [-0.4, -0.2) is 48.7 Å². The Hall–Kier alpha value is -1.13. The van der Waals surface area contributed by atoms with E-state index in [9.17, 15) is 0 Å². The Labute approximate surface area is 201 Å². The average Bonchev–Trinajstić information content (AvgIpc) is 3.28. The molecular weight excluding hydrogens is 406 g/mol. The predicted octanol–water partition coefficient (Wildman–Crippen LogP) is 5.39. The van der Waals surface area contributed by atoms with Crippen molar-refractivity contribution in [1.82, 2.24) is 15.2 Å². The number of aromatic nitrogens is 1. The van der Waals surface area contributed by atoms with Crippen molar-refractivity contribution in [3.8, 4) is 5.88 Å². The van der Waals surface area contributed by atoms with Gasteiger partial charge in [-0.15, -0.1) is 0 Å². The van der Waals surface area contributed by atoms with Gasteiger partial charge in [0, 0.05) is 44.5 Å². The molecule has 33 heavy (non-hydrogen) atoms. The van der Waals surface area contributed by atoms with Crippen molar-refractivity contribution >= 4 is 0 Å². The molecule has 0 amide bonds. The lowest BCUT2D eigenvalue weighted by Crippen LogP contribution is -2.56. The number of nitrogens with one attached hydrogen (secondary N) is 1. The lowest BCUT2D eigenvalue weighted by molar-refractivity contribution is -0.102. The molecule has 0 bridgehead atoms. The number of pyridine rings is 1. The van der Waals surface area contributed by atoms with E-state index in [1.165, 1.54) is 90.4 Å². The Balaban J connectivity index is 1.06. The first-order valence-electron chi connectivity index (χ1n) is 14.2. The molecule has 4 saturated carbocycles. The van der Waals surface area contributed by atoms with Crippen LogP contribution in [0.25, 0.3) is 0 Å². The molecule has 4 nitrogen and oxygen atoms in total. The highest BCUT2D eigenvalue weighted by Crippen LogP contribution is 2.64. The molecule has 8 atom stereocenters. The zero-order valence-corrected chi connectivity index (χ0v) is 20.8. The number of nitrogens with zero attached hydrogens (tertiary/aromatic N) is 2. The fourth-order valence-electron chi connectivity index (χ4n) is 9.50. The first-order valence-corrected chi connectivity index (χ1v) is 14.2. The third-order valence-corrected chi connectivity index (χ3v) is 11.1. The lowest BCUT2D eigenvalue weighted by Gasteiger charge is -2.60. The van der Waals surface area contributed by atoms with Gasteiger partial charge in [0.05, 0.1) is 6.61 Å². The summed E-state index contributed by atoms with van der Waals surface area (Å²) in [5.41, 5.74) is 0.624. The van der Waals surface area contributed by atoms with Gasteiger partial charge >= 0.3 is 0 Å². The summed E-state index contributed by atoms with van der Waals surface area (Å²) in [6, 6.07) is 6.83. The number of hydrogen-bond acceptors (Lipinski definition) is 4. The highest BCUT2D eigenvalue weighted by molar-refractivity contribution is 5.09. The summed E-state index contributed by atoms with van der Waals surface area (Å²) in [5.74, 6) is 6.65. The second kappa shape index (κ2) is 9.49. The topological polar surface area (TPSA) is 37.4 Å². The Morgan fingerprint density at radius 3 is 2.70 bits per heavy atom. The van der Waals surface area contributed by atoms with Crippen molar-refractivity contribution in [1.29, 1.82) is 0 Å². The van der Waals surface area contributed by atoms with Gasteiger partial charge in [0.2, 0.25) is 5.88 Å². The highest BCUT2D eigenvalue weighted by Gasteiger charge is 2.56. The van der Waals surface area contributed by atoms with Crippen LogP contribution in [0.4, 0.5) is 0 Å². The van der Waals surface area contributed by atoms with Gasteiger partial charge < -0.3 is 10.1 Å².